The summed E-state index contributed by atoms with van der Waals surface area (Å²) in [6.45, 7) is 0.329. The van der Waals surface area contributed by atoms with Crippen LogP contribution in [0.5, 0.6) is 0 Å². The average molecular weight is 707 g/mol. The first-order valence-corrected chi connectivity index (χ1v) is 13.2. The first kappa shape index (κ1) is 31.3. The number of benzene rings is 2. The van der Waals surface area contributed by atoms with Gasteiger partial charge in [-0.15, -0.1) is 5.10 Å². The van der Waals surface area contributed by atoms with Gasteiger partial charge in [0, 0.05) is 13.1 Å². The van der Waals surface area contributed by atoms with Crippen LogP contribution in [0.25, 0.3) is 0 Å². The van der Waals surface area contributed by atoms with Crippen molar-refractivity contribution in [3.63, 3.8) is 0 Å². The third kappa shape index (κ3) is 6.57. The van der Waals surface area contributed by atoms with Crippen LogP contribution in [0, 0.1) is 0 Å². The van der Waals surface area contributed by atoms with Gasteiger partial charge < -0.3 is 10.0 Å². The maximum absolute atomic E-state index is 13.7. The lowest BCUT2D eigenvalue weighted by molar-refractivity contribution is -0.143. The van der Waals surface area contributed by atoms with E-state index in [4.69, 9.17) is 0 Å². The van der Waals surface area contributed by atoms with Crippen molar-refractivity contribution in [3.8, 4) is 0 Å². The third-order valence-corrected chi connectivity index (χ3v) is 9.27. The van der Waals surface area contributed by atoms with Gasteiger partial charge in [-0.25, -0.2) is 0 Å². The summed E-state index contributed by atoms with van der Waals surface area (Å²) in [4.78, 5) is 2.09. The van der Waals surface area contributed by atoms with Crippen molar-refractivity contribution in [2.75, 3.05) is 4.90 Å². The first-order chi connectivity index (χ1) is 18.7. The molecule has 224 valence electrons. The van der Waals surface area contributed by atoms with Gasteiger partial charge >= 0.3 is 18.5 Å². The Balaban J connectivity index is 1.84. The number of hydrogen-bond acceptors (Lipinski definition) is 5. The molecule has 1 atom stereocenters. The number of aliphatic hydroxyl groups is 1. The Morgan fingerprint density at radius 1 is 0.878 bits per heavy atom. The minimum Gasteiger partial charge on any atom is -0.384 e. The van der Waals surface area contributed by atoms with Gasteiger partial charge in [0.05, 0.1) is 27.2 Å². The molecule has 1 fully saturated rings. The van der Waals surface area contributed by atoms with E-state index in [1.54, 1.807) is 0 Å². The Morgan fingerprint density at radius 2 is 1.44 bits per heavy atom. The molecule has 1 aliphatic rings. The van der Waals surface area contributed by atoms with Crippen LogP contribution < -0.4 is 4.90 Å². The van der Waals surface area contributed by atoms with Gasteiger partial charge in [-0.3, -0.25) is 0 Å². The molecule has 0 spiro atoms. The van der Waals surface area contributed by atoms with Crippen molar-refractivity contribution >= 4 is 28.5 Å². The third-order valence-electron chi connectivity index (χ3n) is 7.14. The van der Waals surface area contributed by atoms with Crippen molar-refractivity contribution in [3.05, 3.63) is 69.8 Å². The fourth-order valence-corrected chi connectivity index (χ4v) is 5.78. The van der Waals surface area contributed by atoms with Crippen molar-refractivity contribution in [1.29, 1.82) is 0 Å². The van der Waals surface area contributed by atoms with E-state index >= 15 is 0 Å². The summed E-state index contributed by atoms with van der Waals surface area (Å²) in [5.74, 6) is -0.255. The number of anilines is 1. The molecule has 6 nitrogen and oxygen atoms in total. The summed E-state index contributed by atoms with van der Waals surface area (Å²) >= 11 is 2.07. The standard InChI is InChI=1S/C25H23F9IN5O/c1-21(41,22(35)6-3-7-22)19-5-4-16(23(26,27)28)10-15(19)13-40(20-36-38-39(2)37-20)12-14-8-17(24(29,30)31)11-18(9-14)25(32,33)34/h4-5,8-11,41H,3,6-7,12-13H2,1-2H3. The van der Waals surface area contributed by atoms with Crippen molar-refractivity contribution in [1.82, 2.24) is 20.2 Å². The number of halogens is 10. The Bertz CT molecular complexity index is 1380. The van der Waals surface area contributed by atoms with Crippen LogP contribution in [-0.2, 0) is 44.3 Å². The Hall–Kier alpha value is -2.63. The van der Waals surface area contributed by atoms with Crippen LogP contribution in [-0.4, -0.2) is 28.7 Å². The zero-order valence-electron chi connectivity index (χ0n) is 21.5. The van der Waals surface area contributed by atoms with E-state index in [1.807, 2.05) is 0 Å². The predicted molar refractivity (Wildman–Crippen MR) is 137 cm³/mol. The molecule has 0 saturated heterocycles. The predicted octanol–water partition coefficient (Wildman–Crippen LogP) is 7.04. The molecular formula is C25H23F9IN5O. The summed E-state index contributed by atoms with van der Waals surface area (Å²) < 4.78 is 121. The summed E-state index contributed by atoms with van der Waals surface area (Å²) in [7, 11) is 1.36. The number of alkyl halides is 10. The number of aromatic nitrogens is 4. The maximum atomic E-state index is 13.7. The normalized spacial score (nSPS) is 17.2. The zero-order chi connectivity index (χ0) is 30.6. The van der Waals surface area contributed by atoms with E-state index < -0.39 is 62.9 Å². The molecule has 2 aromatic carbocycles. The summed E-state index contributed by atoms with van der Waals surface area (Å²) in [6.07, 6.45) is -13.0. The van der Waals surface area contributed by atoms with Crippen LogP contribution in [0.15, 0.2) is 36.4 Å². The summed E-state index contributed by atoms with van der Waals surface area (Å²) in [6, 6.07) is 3.80. The van der Waals surface area contributed by atoms with Crippen molar-refractivity contribution < 1.29 is 44.6 Å². The fraction of sp³-hybridized carbons (Fsp3) is 0.480. The van der Waals surface area contributed by atoms with Crippen LogP contribution in [0.1, 0.15) is 59.6 Å². The minimum absolute atomic E-state index is 0.0189. The van der Waals surface area contributed by atoms with Crippen LogP contribution in [0.2, 0.25) is 0 Å². The van der Waals surface area contributed by atoms with Gasteiger partial charge in [0.2, 0.25) is 0 Å². The van der Waals surface area contributed by atoms with E-state index in [2.05, 4.69) is 38.0 Å². The lowest BCUT2D eigenvalue weighted by Gasteiger charge is -2.48. The van der Waals surface area contributed by atoms with E-state index in [0.29, 0.717) is 25.0 Å². The highest BCUT2D eigenvalue weighted by atomic mass is 127. The number of tetrazole rings is 1. The van der Waals surface area contributed by atoms with Gasteiger partial charge in [-0.05, 0) is 72.0 Å². The number of aryl methyl sites for hydroxylation is 1. The Morgan fingerprint density at radius 3 is 1.88 bits per heavy atom. The molecule has 0 aliphatic heterocycles. The number of rotatable bonds is 7. The molecule has 1 saturated carbocycles. The second kappa shape index (κ2) is 10.6. The average Bonchev–Trinajstić information content (AvgIpc) is 3.26. The quantitative estimate of drug-likeness (QED) is 0.162. The van der Waals surface area contributed by atoms with Gasteiger partial charge in [0.1, 0.15) is 5.60 Å². The molecule has 4 rings (SSSR count). The van der Waals surface area contributed by atoms with E-state index in [-0.39, 0.29) is 23.1 Å². The highest BCUT2D eigenvalue weighted by Gasteiger charge is 2.51. The second-order valence-electron chi connectivity index (χ2n) is 10.1. The molecule has 1 heterocycles. The molecule has 1 aromatic heterocycles. The number of hydrogen-bond donors (Lipinski definition) is 1. The summed E-state index contributed by atoms with van der Waals surface area (Å²) in [5.41, 5.74) is -6.12. The number of nitrogens with zero attached hydrogens (tertiary/aromatic N) is 5. The molecule has 1 aliphatic carbocycles. The fourth-order valence-electron chi connectivity index (χ4n) is 4.73. The minimum atomic E-state index is -5.10. The largest absolute Gasteiger partial charge is 0.416 e. The highest BCUT2D eigenvalue weighted by molar-refractivity contribution is 14.1. The van der Waals surface area contributed by atoms with Crippen molar-refractivity contribution in [2.45, 2.75) is 66.8 Å². The van der Waals surface area contributed by atoms with Crippen LogP contribution in [0.3, 0.4) is 0 Å². The Labute approximate surface area is 241 Å². The zero-order valence-corrected chi connectivity index (χ0v) is 23.6. The molecule has 0 amide bonds. The topological polar surface area (TPSA) is 67.1 Å². The lowest BCUT2D eigenvalue weighted by Crippen LogP contribution is -2.50. The molecule has 16 heteroatoms. The molecule has 1 unspecified atom stereocenters. The summed E-state index contributed by atoms with van der Waals surface area (Å²) in [5, 5.41) is 23.0. The molecule has 41 heavy (non-hydrogen) atoms. The molecule has 1 N–H and O–H groups in total. The SMILES string of the molecule is Cn1nnc(N(Cc2cc(C(F)(F)F)cc(C(F)(F)F)c2)Cc2cc(C(F)(F)F)ccc2C(C)(O)C2(I)CCC2)n1. The lowest BCUT2D eigenvalue weighted by atomic mass is 9.69. The van der Waals surface area contributed by atoms with Gasteiger partial charge in [-0.1, -0.05) is 40.2 Å². The maximum Gasteiger partial charge on any atom is 0.416 e. The van der Waals surface area contributed by atoms with Gasteiger partial charge in [-0.2, -0.15) is 44.3 Å². The molecular weight excluding hydrogens is 684 g/mol. The van der Waals surface area contributed by atoms with Crippen LogP contribution in [0.4, 0.5) is 45.5 Å². The van der Waals surface area contributed by atoms with E-state index in [0.717, 1.165) is 34.3 Å². The van der Waals surface area contributed by atoms with E-state index in [1.165, 1.54) is 14.0 Å². The molecule has 3 aromatic rings. The van der Waals surface area contributed by atoms with Crippen molar-refractivity contribution in [2.24, 2.45) is 7.05 Å². The first-order valence-electron chi connectivity index (χ1n) is 12.1. The van der Waals surface area contributed by atoms with Gasteiger partial charge in [0.25, 0.3) is 5.95 Å². The molecule has 0 bridgehead atoms. The van der Waals surface area contributed by atoms with E-state index in [9.17, 15) is 44.6 Å². The smallest absolute Gasteiger partial charge is 0.384 e. The monoisotopic (exact) mass is 707 g/mol. The van der Waals surface area contributed by atoms with Crippen LogP contribution >= 0.6 is 22.6 Å². The molecule has 0 radical (unpaired) electrons. The highest BCUT2D eigenvalue weighted by Crippen LogP contribution is 2.54. The second-order valence-corrected chi connectivity index (χ2v) is 12.2. The van der Waals surface area contributed by atoms with Gasteiger partial charge in [0.15, 0.2) is 0 Å². The Kier molecular flexibility index (Phi) is 8.08.